The first-order valence-electron chi connectivity index (χ1n) is 8.56. The quantitative estimate of drug-likeness (QED) is 0.368. The monoisotopic (exact) mass is 417 g/mol. The first-order valence-corrected chi connectivity index (χ1v) is 10.9. The molecular weight excluding hydrogens is 387 g/mol. The van der Waals surface area contributed by atoms with Crippen molar-refractivity contribution in [1.29, 1.82) is 0 Å². The molecule has 1 radical (unpaired) electrons. The second-order valence-corrected chi connectivity index (χ2v) is 7.30. The molecule has 2 aromatic rings. The minimum atomic E-state index is 0. The van der Waals surface area contributed by atoms with Crippen LogP contribution in [0, 0.1) is 0 Å². The predicted molar refractivity (Wildman–Crippen MR) is 111 cm³/mol. The van der Waals surface area contributed by atoms with Crippen LogP contribution < -0.4 is 0 Å². The molecule has 0 nitrogen and oxygen atoms in total. The molecule has 0 fully saturated rings. The molecular formula is C20H31Cl2SiTi. The van der Waals surface area contributed by atoms with Crippen LogP contribution in [-0.2, 0) is 47.4 Å². The van der Waals surface area contributed by atoms with Gasteiger partial charge >= 0.3 is 21.7 Å². The minimum Gasteiger partial charge on any atom is -0.210 e. The molecule has 0 saturated heterocycles. The zero-order chi connectivity index (χ0) is 14.9. The van der Waals surface area contributed by atoms with Crippen molar-refractivity contribution >= 4 is 34.3 Å². The number of halogens is 2. The van der Waals surface area contributed by atoms with Gasteiger partial charge in [0.05, 0.1) is 0 Å². The van der Waals surface area contributed by atoms with Gasteiger partial charge in [0.1, 0.15) is 0 Å². The summed E-state index contributed by atoms with van der Waals surface area (Å²) in [5.74, 6) is 0. The molecule has 0 aromatic heterocycles. The molecule has 0 aliphatic heterocycles. The summed E-state index contributed by atoms with van der Waals surface area (Å²) in [4.78, 5) is 0. The van der Waals surface area contributed by atoms with E-state index in [4.69, 9.17) is 0 Å². The fourth-order valence-corrected chi connectivity index (χ4v) is 3.23. The van der Waals surface area contributed by atoms with E-state index in [1.54, 1.807) is 22.3 Å². The molecule has 0 saturated carbocycles. The van der Waals surface area contributed by atoms with Crippen LogP contribution in [0.3, 0.4) is 0 Å². The van der Waals surface area contributed by atoms with Gasteiger partial charge in [-0.25, -0.2) is 12.1 Å². The van der Waals surface area contributed by atoms with Gasteiger partial charge in [0.2, 0.25) is 0 Å². The topological polar surface area (TPSA) is 0 Å². The molecule has 2 aromatic carbocycles. The Morgan fingerprint density at radius 3 is 1.38 bits per heavy atom. The Hall–Kier alpha value is 0.211. The summed E-state index contributed by atoms with van der Waals surface area (Å²) in [6, 6.07) is 13.4. The van der Waals surface area contributed by atoms with Crippen molar-refractivity contribution in [3.05, 3.63) is 58.7 Å². The van der Waals surface area contributed by atoms with Gasteiger partial charge in [-0.2, -0.15) is 46.5 Å². The van der Waals surface area contributed by atoms with Crippen molar-refractivity contribution in [3.63, 3.8) is 0 Å². The van der Waals surface area contributed by atoms with Gasteiger partial charge in [-0.05, 0) is 0 Å². The van der Waals surface area contributed by atoms with Crippen LogP contribution in [-0.4, -0.2) is 9.52 Å². The van der Waals surface area contributed by atoms with Crippen LogP contribution >= 0.6 is 24.8 Å². The first kappa shape index (κ1) is 26.4. The fraction of sp³-hybridized carbons (Fsp3) is 0.500. The number of hydrogen-bond acceptors (Lipinski definition) is 0. The van der Waals surface area contributed by atoms with E-state index in [-0.39, 0.29) is 46.5 Å². The van der Waals surface area contributed by atoms with E-state index in [0.29, 0.717) is 0 Å². The van der Waals surface area contributed by atoms with Gasteiger partial charge in [-0.15, -0.1) is 24.8 Å². The smallest absolute Gasteiger partial charge is 0.210 e. The van der Waals surface area contributed by atoms with Crippen LogP contribution in [0.4, 0.5) is 0 Å². The number of hydrogen-bond donors (Lipinski definition) is 0. The molecule has 2 aliphatic carbocycles. The van der Waals surface area contributed by atoms with Crippen LogP contribution in [0.2, 0.25) is 13.1 Å². The third-order valence-corrected chi connectivity index (χ3v) is 4.30. The second kappa shape index (κ2) is 15.5. The summed E-state index contributed by atoms with van der Waals surface area (Å²) in [6.07, 6.45) is 10.9. The Kier molecular flexibility index (Phi) is 17.0. The minimum absolute atomic E-state index is 0. The summed E-state index contributed by atoms with van der Waals surface area (Å²) in [5.41, 5.74) is 6.39. The predicted octanol–water partition coefficient (Wildman–Crippen LogP) is 5.93. The molecule has 2 aliphatic rings. The zero-order valence-corrected chi connectivity index (χ0v) is 19.4. The van der Waals surface area contributed by atoms with Crippen molar-refractivity contribution in [2.24, 2.45) is 0 Å². The molecule has 4 heteroatoms. The number of rotatable bonds is 0. The van der Waals surface area contributed by atoms with Gasteiger partial charge in [0.25, 0.3) is 0 Å². The van der Waals surface area contributed by atoms with E-state index in [9.17, 15) is 0 Å². The Bertz CT molecular complexity index is 432. The van der Waals surface area contributed by atoms with Gasteiger partial charge < -0.3 is 0 Å². The molecule has 4 rings (SSSR count). The van der Waals surface area contributed by atoms with Crippen molar-refractivity contribution in [2.45, 2.75) is 64.5 Å². The van der Waals surface area contributed by atoms with Gasteiger partial charge in [-0.1, -0.05) is 64.5 Å². The molecule has 0 amide bonds. The van der Waals surface area contributed by atoms with Crippen molar-refractivity contribution < 1.29 is 21.7 Å². The molecule has 0 spiro atoms. The maximum atomic E-state index is 2.26. The van der Waals surface area contributed by atoms with Gasteiger partial charge in [0, 0.05) is 9.52 Å². The van der Waals surface area contributed by atoms with E-state index >= 15 is 0 Å². The Balaban J connectivity index is 0. The van der Waals surface area contributed by atoms with E-state index in [0.717, 1.165) is 9.52 Å². The Labute approximate surface area is 178 Å². The molecule has 0 unspecified atom stereocenters. The third-order valence-electron chi connectivity index (χ3n) is 4.30. The largest absolute Gasteiger partial charge is 2.00 e. The normalized spacial score (nSPS) is 13.8. The third kappa shape index (κ3) is 8.54. The average molecular weight is 418 g/mol. The summed E-state index contributed by atoms with van der Waals surface area (Å²) in [7, 11) is 0.750. The number of aryl methyl sites for hydroxylation is 4. The van der Waals surface area contributed by atoms with Gasteiger partial charge in [0.15, 0.2) is 0 Å². The van der Waals surface area contributed by atoms with Crippen LogP contribution in [0.5, 0.6) is 0 Å². The Morgan fingerprint density at radius 2 is 1.04 bits per heavy atom. The van der Waals surface area contributed by atoms with E-state index < -0.39 is 0 Å². The SMILES string of the molecule is C[SiH]C.Cl.Cl.[Ti+2].c1cc2c([cH-]1)CCCC2.c1cc2c([cH-]1)CCCC2. The molecule has 0 heterocycles. The molecule has 0 atom stereocenters. The van der Waals surface area contributed by atoms with Crippen molar-refractivity contribution in [1.82, 2.24) is 0 Å². The standard InChI is InChI=1S/2C9H11.C2H7Si.2ClH.Ti/c2*1-2-5-9-7-3-6-8(9)4-1;1-3-2;;;/h2*3,6-7H,1-2,4-5H2;3H,1-2H3;2*1H;/q2*-1;;;;+2. The van der Waals surface area contributed by atoms with Crippen molar-refractivity contribution in [2.75, 3.05) is 0 Å². The van der Waals surface area contributed by atoms with Gasteiger partial charge in [-0.3, -0.25) is 0 Å². The molecule has 0 bridgehead atoms. The van der Waals surface area contributed by atoms with E-state index in [1.165, 1.54) is 51.4 Å². The van der Waals surface area contributed by atoms with E-state index in [2.05, 4.69) is 49.5 Å². The van der Waals surface area contributed by atoms with Crippen LogP contribution in [0.15, 0.2) is 36.4 Å². The number of fused-ring (bicyclic) bond motifs is 2. The molecule has 133 valence electrons. The molecule has 0 N–H and O–H groups in total. The zero-order valence-electron chi connectivity index (χ0n) is 15.0. The van der Waals surface area contributed by atoms with Crippen LogP contribution in [0.1, 0.15) is 47.9 Å². The summed E-state index contributed by atoms with van der Waals surface area (Å²) >= 11 is 0. The summed E-state index contributed by atoms with van der Waals surface area (Å²) in [6.45, 7) is 4.42. The van der Waals surface area contributed by atoms with E-state index in [1.807, 2.05) is 0 Å². The maximum Gasteiger partial charge on any atom is 2.00 e. The van der Waals surface area contributed by atoms with Crippen molar-refractivity contribution in [3.8, 4) is 0 Å². The van der Waals surface area contributed by atoms with Crippen LogP contribution in [0.25, 0.3) is 0 Å². The maximum absolute atomic E-state index is 2.26. The first-order chi connectivity index (χ1) is 10.3. The Morgan fingerprint density at radius 1 is 0.708 bits per heavy atom. The summed E-state index contributed by atoms with van der Waals surface area (Å²) in [5, 5.41) is 0. The average Bonchev–Trinajstić information content (AvgIpc) is 3.17. The fourth-order valence-electron chi connectivity index (χ4n) is 3.23. The summed E-state index contributed by atoms with van der Waals surface area (Å²) < 4.78 is 0. The molecule has 24 heavy (non-hydrogen) atoms. The second-order valence-electron chi connectivity index (χ2n) is 6.14.